The summed E-state index contributed by atoms with van der Waals surface area (Å²) in [7, 11) is 1.55. The number of rotatable bonds is 7. The summed E-state index contributed by atoms with van der Waals surface area (Å²) in [5, 5.41) is 0.960. The maximum absolute atomic E-state index is 12.9. The average molecular weight is 366 g/mol. The van der Waals surface area contributed by atoms with E-state index in [4.69, 9.17) is 4.74 Å². The molecule has 0 saturated carbocycles. The first kappa shape index (κ1) is 17.6. The van der Waals surface area contributed by atoms with E-state index in [-0.39, 0.29) is 17.1 Å². The number of aromatic nitrogens is 4. The Labute approximate surface area is 146 Å². The second kappa shape index (κ2) is 7.75. The first-order chi connectivity index (χ1) is 12.1. The minimum Gasteiger partial charge on any atom is -0.383 e. The summed E-state index contributed by atoms with van der Waals surface area (Å²) in [6.07, 6.45) is 2.56. The van der Waals surface area contributed by atoms with Gasteiger partial charge in [-0.05, 0) is 12.1 Å². The SMILES string of the molecule is COCCn1c(SCc2nccn2C(F)F)nc2ccccc2c1=O. The van der Waals surface area contributed by atoms with Crippen molar-refractivity contribution in [2.75, 3.05) is 13.7 Å². The van der Waals surface area contributed by atoms with Gasteiger partial charge in [0, 0.05) is 19.5 Å². The van der Waals surface area contributed by atoms with Crippen LogP contribution in [0.15, 0.2) is 46.6 Å². The number of nitrogens with zero attached hydrogens (tertiary/aromatic N) is 4. The van der Waals surface area contributed by atoms with Crippen LogP contribution in [0.3, 0.4) is 0 Å². The number of hydrogen-bond acceptors (Lipinski definition) is 5. The summed E-state index contributed by atoms with van der Waals surface area (Å²) in [4.78, 5) is 21.2. The van der Waals surface area contributed by atoms with Crippen LogP contribution in [-0.2, 0) is 17.0 Å². The lowest BCUT2D eigenvalue weighted by atomic mass is 10.2. The molecule has 3 aromatic rings. The molecule has 0 atom stereocenters. The summed E-state index contributed by atoms with van der Waals surface area (Å²) in [5.41, 5.74) is 0.392. The van der Waals surface area contributed by atoms with Gasteiger partial charge < -0.3 is 4.74 Å². The first-order valence-corrected chi connectivity index (χ1v) is 8.51. The molecule has 6 nitrogen and oxygen atoms in total. The predicted molar refractivity (Wildman–Crippen MR) is 90.9 cm³/mol. The maximum atomic E-state index is 12.9. The van der Waals surface area contributed by atoms with Gasteiger partial charge in [-0.3, -0.25) is 13.9 Å². The van der Waals surface area contributed by atoms with Gasteiger partial charge in [0.1, 0.15) is 5.82 Å². The van der Waals surface area contributed by atoms with Crippen molar-refractivity contribution in [1.82, 2.24) is 19.1 Å². The number of benzene rings is 1. The molecule has 0 spiro atoms. The minimum atomic E-state index is -2.65. The Morgan fingerprint density at radius 3 is 2.88 bits per heavy atom. The number of fused-ring (bicyclic) bond motifs is 1. The zero-order chi connectivity index (χ0) is 17.8. The van der Waals surface area contributed by atoms with E-state index >= 15 is 0 Å². The van der Waals surface area contributed by atoms with Gasteiger partial charge in [-0.15, -0.1) is 0 Å². The third-order valence-corrected chi connectivity index (χ3v) is 4.61. The molecule has 0 fully saturated rings. The zero-order valence-corrected chi connectivity index (χ0v) is 14.2. The smallest absolute Gasteiger partial charge is 0.319 e. The Hall–Kier alpha value is -2.26. The Morgan fingerprint density at radius 2 is 2.12 bits per heavy atom. The van der Waals surface area contributed by atoms with E-state index in [9.17, 15) is 13.6 Å². The van der Waals surface area contributed by atoms with Crippen molar-refractivity contribution in [2.24, 2.45) is 0 Å². The summed E-state index contributed by atoms with van der Waals surface area (Å²) in [5.74, 6) is 0.399. The highest BCUT2D eigenvalue weighted by atomic mass is 32.2. The third-order valence-electron chi connectivity index (χ3n) is 3.64. The minimum absolute atomic E-state index is 0.176. The monoisotopic (exact) mass is 366 g/mol. The number of halogens is 2. The highest BCUT2D eigenvalue weighted by Gasteiger charge is 2.15. The predicted octanol–water partition coefficient (Wildman–Crippen LogP) is 2.93. The van der Waals surface area contributed by atoms with E-state index in [1.165, 1.54) is 28.7 Å². The molecule has 0 aliphatic carbocycles. The molecule has 132 valence electrons. The Morgan fingerprint density at radius 1 is 1.32 bits per heavy atom. The van der Waals surface area contributed by atoms with Crippen molar-refractivity contribution in [1.29, 1.82) is 0 Å². The molecule has 9 heteroatoms. The Bertz CT molecular complexity index is 926. The quantitative estimate of drug-likeness (QED) is 0.475. The van der Waals surface area contributed by atoms with Crippen molar-refractivity contribution in [2.45, 2.75) is 24.0 Å². The Balaban J connectivity index is 1.96. The van der Waals surface area contributed by atoms with E-state index in [2.05, 4.69) is 9.97 Å². The van der Waals surface area contributed by atoms with Crippen LogP contribution in [0.2, 0.25) is 0 Å². The summed E-state index contributed by atoms with van der Waals surface area (Å²) in [6.45, 7) is -1.98. The van der Waals surface area contributed by atoms with Gasteiger partial charge in [-0.25, -0.2) is 9.97 Å². The van der Waals surface area contributed by atoms with Crippen LogP contribution >= 0.6 is 11.8 Å². The van der Waals surface area contributed by atoms with Crippen LogP contribution in [-0.4, -0.2) is 32.8 Å². The van der Waals surface area contributed by atoms with Crippen molar-refractivity contribution < 1.29 is 13.5 Å². The topological polar surface area (TPSA) is 61.9 Å². The highest BCUT2D eigenvalue weighted by Crippen LogP contribution is 2.23. The molecule has 0 bridgehead atoms. The van der Waals surface area contributed by atoms with Crippen molar-refractivity contribution in [3.05, 3.63) is 52.8 Å². The average Bonchev–Trinajstić information content (AvgIpc) is 3.08. The number of thioether (sulfide) groups is 1. The van der Waals surface area contributed by atoms with Crippen molar-refractivity contribution in [3.8, 4) is 0 Å². The van der Waals surface area contributed by atoms with Crippen LogP contribution in [0.1, 0.15) is 12.4 Å². The fourth-order valence-corrected chi connectivity index (χ4v) is 3.37. The third kappa shape index (κ3) is 3.72. The van der Waals surface area contributed by atoms with E-state index in [0.29, 0.717) is 29.2 Å². The normalized spacial score (nSPS) is 11.5. The van der Waals surface area contributed by atoms with Crippen LogP contribution in [0.5, 0.6) is 0 Å². The van der Waals surface area contributed by atoms with Gasteiger partial charge in [-0.2, -0.15) is 8.78 Å². The van der Waals surface area contributed by atoms with Crippen LogP contribution in [0.4, 0.5) is 8.78 Å². The lowest BCUT2D eigenvalue weighted by Gasteiger charge is -2.13. The molecule has 0 amide bonds. The lowest BCUT2D eigenvalue weighted by Crippen LogP contribution is -2.25. The van der Waals surface area contributed by atoms with E-state index in [0.717, 1.165) is 4.57 Å². The second-order valence-corrected chi connectivity index (χ2v) is 6.12. The molecule has 3 rings (SSSR count). The number of imidazole rings is 1. The van der Waals surface area contributed by atoms with Gasteiger partial charge in [0.2, 0.25) is 0 Å². The standard InChI is InChI=1S/C16H16F2N4O2S/c1-24-9-8-22-14(23)11-4-2-3-5-12(11)20-16(22)25-10-13-19-6-7-21(13)15(17)18/h2-7,15H,8-10H2,1H3. The molecule has 25 heavy (non-hydrogen) atoms. The Kier molecular flexibility index (Phi) is 5.44. The molecule has 1 aromatic carbocycles. The number of methoxy groups -OCH3 is 1. The lowest BCUT2D eigenvalue weighted by molar-refractivity contribution is 0.0678. The summed E-state index contributed by atoms with van der Waals surface area (Å²) < 4.78 is 33.2. The number of para-hydroxylation sites is 1. The molecule has 0 saturated heterocycles. The first-order valence-electron chi connectivity index (χ1n) is 7.53. The molecule has 0 N–H and O–H groups in total. The van der Waals surface area contributed by atoms with Crippen LogP contribution in [0.25, 0.3) is 10.9 Å². The molecule has 0 radical (unpaired) electrons. The molecule has 2 heterocycles. The van der Waals surface area contributed by atoms with Crippen molar-refractivity contribution >= 4 is 22.7 Å². The van der Waals surface area contributed by atoms with E-state index in [1.54, 1.807) is 31.4 Å². The maximum Gasteiger partial charge on any atom is 0.319 e. The van der Waals surface area contributed by atoms with Gasteiger partial charge in [-0.1, -0.05) is 23.9 Å². The molecular formula is C16H16F2N4O2S. The van der Waals surface area contributed by atoms with Gasteiger partial charge in [0.25, 0.3) is 5.56 Å². The number of alkyl halides is 2. The molecular weight excluding hydrogens is 350 g/mol. The van der Waals surface area contributed by atoms with E-state index in [1.807, 2.05) is 0 Å². The second-order valence-electron chi connectivity index (χ2n) is 5.18. The van der Waals surface area contributed by atoms with Gasteiger partial charge >= 0.3 is 6.55 Å². The zero-order valence-electron chi connectivity index (χ0n) is 13.4. The fourth-order valence-electron chi connectivity index (χ4n) is 2.40. The molecule has 0 aliphatic rings. The number of ether oxygens (including phenoxy) is 1. The summed E-state index contributed by atoms with van der Waals surface area (Å²) in [6, 6.07) is 7.04. The molecule has 0 aliphatic heterocycles. The fraction of sp³-hybridized carbons (Fsp3) is 0.312. The van der Waals surface area contributed by atoms with E-state index < -0.39 is 6.55 Å². The largest absolute Gasteiger partial charge is 0.383 e. The highest BCUT2D eigenvalue weighted by molar-refractivity contribution is 7.98. The molecule has 2 aromatic heterocycles. The van der Waals surface area contributed by atoms with Gasteiger partial charge in [0.15, 0.2) is 5.16 Å². The van der Waals surface area contributed by atoms with Crippen molar-refractivity contribution in [3.63, 3.8) is 0 Å². The van der Waals surface area contributed by atoms with Crippen LogP contribution < -0.4 is 5.56 Å². The molecule has 0 unspecified atom stereocenters. The summed E-state index contributed by atoms with van der Waals surface area (Å²) >= 11 is 1.20. The van der Waals surface area contributed by atoms with Gasteiger partial charge in [0.05, 0.1) is 29.8 Å². The number of hydrogen-bond donors (Lipinski definition) is 0. The van der Waals surface area contributed by atoms with Crippen LogP contribution in [0, 0.1) is 0 Å².